The van der Waals surface area contributed by atoms with Crippen LogP contribution in [-0.2, 0) is 17.6 Å². The highest BCUT2D eigenvalue weighted by molar-refractivity contribution is 6.02. The number of anilines is 2. The molecule has 0 aliphatic carbocycles. The van der Waals surface area contributed by atoms with Crippen molar-refractivity contribution in [1.29, 1.82) is 0 Å². The van der Waals surface area contributed by atoms with Gasteiger partial charge in [-0.1, -0.05) is 18.2 Å². The van der Waals surface area contributed by atoms with E-state index < -0.39 is 0 Å². The molecule has 4 aliphatic rings. The Labute approximate surface area is 202 Å². The number of rotatable bonds is 7. The van der Waals surface area contributed by atoms with Gasteiger partial charge in [-0.25, -0.2) is 0 Å². The summed E-state index contributed by atoms with van der Waals surface area (Å²) in [7, 11) is 0. The van der Waals surface area contributed by atoms with E-state index in [9.17, 15) is 9.59 Å². The van der Waals surface area contributed by atoms with E-state index in [-0.39, 0.29) is 11.7 Å². The Morgan fingerprint density at radius 3 is 2.62 bits per heavy atom. The van der Waals surface area contributed by atoms with Crippen LogP contribution < -0.4 is 10.2 Å². The molecule has 178 valence electrons. The molecule has 1 unspecified atom stereocenters. The van der Waals surface area contributed by atoms with E-state index in [1.165, 1.54) is 48.2 Å². The van der Waals surface area contributed by atoms with Crippen LogP contribution in [0.1, 0.15) is 71.5 Å². The van der Waals surface area contributed by atoms with Crippen molar-refractivity contribution in [2.75, 3.05) is 42.9 Å². The number of aryl methyl sites for hydroxylation is 1. The fourth-order valence-corrected chi connectivity index (χ4v) is 6.55. The third-order valence-electron chi connectivity index (χ3n) is 8.59. The number of hydrogen-bond donors (Lipinski definition) is 1. The average Bonchev–Trinajstić information content (AvgIpc) is 3.49. The summed E-state index contributed by atoms with van der Waals surface area (Å²) in [4.78, 5) is 29.7. The molecule has 2 aromatic rings. The summed E-state index contributed by atoms with van der Waals surface area (Å²) < 4.78 is 0. The Hall–Kier alpha value is -2.66. The first kappa shape index (κ1) is 21.8. The number of carbonyl (C=O) groups excluding carboxylic acids is 2. The number of hydrogen-bond acceptors (Lipinski definition) is 4. The average molecular weight is 458 g/mol. The van der Waals surface area contributed by atoms with Crippen molar-refractivity contribution in [2.45, 2.75) is 57.3 Å². The van der Waals surface area contributed by atoms with E-state index in [2.05, 4.69) is 46.6 Å². The molecule has 0 radical (unpaired) electrons. The molecule has 34 heavy (non-hydrogen) atoms. The Kier molecular flexibility index (Phi) is 5.90. The predicted molar refractivity (Wildman–Crippen MR) is 136 cm³/mol. The first-order valence-electron chi connectivity index (χ1n) is 13.2. The molecular formula is C29H35N3O2. The number of likely N-dealkylation sites (tertiary alicyclic amines) is 1. The third-order valence-corrected chi connectivity index (χ3v) is 8.59. The van der Waals surface area contributed by atoms with Gasteiger partial charge >= 0.3 is 0 Å². The molecule has 6 rings (SSSR count). The van der Waals surface area contributed by atoms with E-state index in [4.69, 9.17) is 0 Å². The van der Waals surface area contributed by atoms with Crippen molar-refractivity contribution in [1.82, 2.24) is 4.90 Å². The number of para-hydroxylation sites is 1. The lowest BCUT2D eigenvalue weighted by molar-refractivity contribution is -0.118. The van der Waals surface area contributed by atoms with Crippen molar-refractivity contribution < 1.29 is 9.59 Å². The number of piperidine rings is 1. The molecule has 5 nitrogen and oxygen atoms in total. The van der Waals surface area contributed by atoms with Crippen LogP contribution in [0.2, 0.25) is 0 Å². The molecular weight excluding hydrogens is 422 g/mol. The molecule has 1 atom stereocenters. The Morgan fingerprint density at radius 2 is 1.76 bits per heavy atom. The van der Waals surface area contributed by atoms with Crippen LogP contribution in [0, 0.1) is 5.92 Å². The molecule has 0 spiro atoms. The Balaban J connectivity index is 0.975. The van der Waals surface area contributed by atoms with Gasteiger partial charge in [0.1, 0.15) is 0 Å². The van der Waals surface area contributed by atoms with Gasteiger partial charge in [-0.05, 0) is 99.0 Å². The molecule has 2 aromatic carbocycles. The minimum Gasteiger partial charge on any atom is -0.384 e. The second-order valence-electron chi connectivity index (χ2n) is 10.6. The van der Waals surface area contributed by atoms with Crippen LogP contribution >= 0.6 is 0 Å². The van der Waals surface area contributed by atoms with Crippen LogP contribution in [0.5, 0.6) is 0 Å². The zero-order valence-corrected chi connectivity index (χ0v) is 20.0. The van der Waals surface area contributed by atoms with E-state index in [1.807, 2.05) is 4.90 Å². The fourth-order valence-electron chi connectivity index (χ4n) is 6.55. The lowest BCUT2D eigenvalue weighted by atomic mass is 9.88. The lowest BCUT2D eigenvalue weighted by Crippen LogP contribution is -2.35. The number of ketones is 1. The summed E-state index contributed by atoms with van der Waals surface area (Å²) in [6.45, 7) is 5.34. The van der Waals surface area contributed by atoms with E-state index >= 15 is 0 Å². The van der Waals surface area contributed by atoms with Gasteiger partial charge in [0.25, 0.3) is 0 Å². The summed E-state index contributed by atoms with van der Waals surface area (Å²) in [6.07, 6.45) is 7.53. The van der Waals surface area contributed by atoms with E-state index in [1.54, 1.807) is 0 Å². The zero-order chi connectivity index (χ0) is 23.1. The minimum atomic E-state index is 0.237. The number of Topliss-reactive ketones (excluding diaryl/α,β-unsaturated/α-hetero) is 1. The molecule has 0 aromatic heterocycles. The molecule has 1 amide bonds. The van der Waals surface area contributed by atoms with E-state index in [0.29, 0.717) is 24.7 Å². The van der Waals surface area contributed by atoms with E-state index in [0.717, 1.165) is 56.7 Å². The fraction of sp³-hybridized carbons (Fsp3) is 0.517. The van der Waals surface area contributed by atoms with Gasteiger partial charge in [-0.15, -0.1) is 0 Å². The number of carbonyl (C=O) groups is 2. The number of nitrogens with one attached hydrogen (secondary N) is 1. The van der Waals surface area contributed by atoms with Crippen LogP contribution in [0.4, 0.5) is 11.4 Å². The molecule has 4 aliphatic heterocycles. The van der Waals surface area contributed by atoms with Gasteiger partial charge in [0.2, 0.25) is 5.91 Å². The maximum Gasteiger partial charge on any atom is 0.227 e. The second kappa shape index (κ2) is 9.18. The summed E-state index contributed by atoms with van der Waals surface area (Å²) >= 11 is 0. The number of benzene rings is 2. The zero-order valence-electron chi connectivity index (χ0n) is 20.0. The van der Waals surface area contributed by atoms with Crippen LogP contribution in [0.15, 0.2) is 36.4 Å². The normalized spacial score (nSPS) is 21.9. The maximum absolute atomic E-state index is 13.0. The standard InChI is InChI=1S/C29H35N3O2/c33-27(24-17-21-6-8-28(34)32-16-12-22(18-24)29(21)32)7-5-20-9-13-31(14-10-20)15-11-23-19-30-26-4-2-1-3-25(23)26/h1-4,17-18,20,23,30H,5-16,19H2. The largest absolute Gasteiger partial charge is 0.384 e. The van der Waals surface area contributed by atoms with Gasteiger partial charge in [0, 0.05) is 43.1 Å². The van der Waals surface area contributed by atoms with Gasteiger partial charge in [0.15, 0.2) is 5.78 Å². The molecule has 1 N–H and O–H groups in total. The van der Waals surface area contributed by atoms with Crippen molar-refractivity contribution >= 4 is 23.1 Å². The number of fused-ring (bicyclic) bond motifs is 1. The molecule has 0 saturated carbocycles. The first-order chi connectivity index (χ1) is 16.7. The summed E-state index contributed by atoms with van der Waals surface area (Å²) in [5, 5.41) is 3.55. The van der Waals surface area contributed by atoms with Crippen molar-refractivity contribution in [2.24, 2.45) is 5.92 Å². The molecule has 1 fully saturated rings. The van der Waals surface area contributed by atoms with Crippen LogP contribution in [0.25, 0.3) is 0 Å². The van der Waals surface area contributed by atoms with Crippen molar-refractivity contribution in [3.05, 3.63) is 58.7 Å². The third kappa shape index (κ3) is 4.15. The predicted octanol–water partition coefficient (Wildman–Crippen LogP) is 4.80. The Morgan fingerprint density at radius 1 is 0.971 bits per heavy atom. The van der Waals surface area contributed by atoms with Crippen LogP contribution in [0.3, 0.4) is 0 Å². The summed E-state index contributed by atoms with van der Waals surface area (Å²) in [6, 6.07) is 12.9. The number of amides is 1. The quantitative estimate of drug-likeness (QED) is 0.607. The maximum atomic E-state index is 13.0. The summed E-state index contributed by atoms with van der Waals surface area (Å²) in [5.74, 6) is 1.81. The highest BCUT2D eigenvalue weighted by atomic mass is 16.2. The Bertz CT molecular complexity index is 1100. The molecule has 0 bridgehead atoms. The first-order valence-corrected chi connectivity index (χ1v) is 13.2. The van der Waals surface area contributed by atoms with Crippen LogP contribution in [-0.4, -0.2) is 49.3 Å². The highest BCUT2D eigenvalue weighted by Crippen LogP contribution is 2.38. The highest BCUT2D eigenvalue weighted by Gasteiger charge is 2.32. The van der Waals surface area contributed by atoms with Gasteiger partial charge in [0.05, 0.1) is 5.69 Å². The van der Waals surface area contributed by atoms with Gasteiger partial charge in [-0.2, -0.15) is 0 Å². The molecule has 4 heterocycles. The van der Waals surface area contributed by atoms with Gasteiger partial charge < -0.3 is 15.1 Å². The van der Waals surface area contributed by atoms with Crippen molar-refractivity contribution in [3.63, 3.8) is 0 Å². The van der Waals surface area contributed by atoms with Gasteiger partial charge in [-0.3, -0.25) is 9.59 Å². The lowest BCUT2D eigenvalue weighted by Gasteiger charge is -2.32. The monoisotopic (exact) mass is 457 g/mol. The minimum absolute atomic E-state index is 0.237. The molecule has 5 heteroatoms. The second-order valence-corrected chi connectivity index (χ2v) is 10.6. The number of nitrogens with zero attached hydrogens (tertiary/aromatic N) is 2. The summed E-state index contributed by atoms with van der Waals surface area (Å²) in [5.41, 5.74) is 7.17. The molecule has 1 saturated heterocycles. The SMILES string of the molecule is O=C(CCC1CCN(CCC2CNc3ccccc32)CC1)c1cc2c3c(c1)CCN3C(=O)CC2. The topological polar surface area (TPSA) is 52.7 Å². The van der Waals surface area contributed by atoms with Crippen molar-refractivity contribution in [3.8, 4) is 0 Å². The smallest absolute Gasteiger partial charge is 0.227 e.